The lowest BCUT2D eigenvalue weighted by molar-refractivity contribution is 0.415. The van der Waals surface area contributed by atoms with Crippen molar-refractivity contribution in [1.29, 1.82) is 0 Å². The number of hydrogen-bond acceptors (Lipinski definition) is 4. The molecule has 0 fully saturated rings. The molecule has 0 spiro atoms. The number of nitrogens with zero attached hydrogens (tertiary/aromatic N) is 3. The summed E-state index contributed by atoms with van der Waals surface area (Å²) in [6.45, 7) is 0. The third-order valence-electron chi connectivity index (χ3n) is 2.68. The van der Waals surface area contributed by atoms with E-state index in [9.17, 15) is 4.79 Å². The predicted molar refractivity (Wildman–Crippen MR) is 65.6 cm³/mol. The van der Waals surface area contributed by atoms with Gasteiger partial charge in [0, 0.05) is 11.8 Å². The Morgan fingerprint density at radius 1 is 1.28 bits per heavy atom. The number of aromatic nitrogens is 4. The molecule has 0 atom stereocenters. The standard InChI is InChI=1S/C12H10N4O2/c1-18-9-4-2-8(3-5-9)10-7-16-11(14-10)6-13-15-12(16)17/h2-7H,1H3,(H,15,17). The van der Waals surface area contributed by atoms with Crippen LogP contribution in [0.3, 0.4) is 0 Å². The van der Waals surface area contributed by atoms with E-state index in [0.29, 0.717) is 5.65 Å². The number of methoxy groups -OCH3 is 1. The number of fused-ring (bicyclic) bond motifs is 1. The summed E-state index contributed by atoms with van der Waals surface area (Å²) < 4.78 is 6.52. The van der Waals surface area contributed by atoms with Crippen molar-refractivity contribution in [1.82, 2.24) is 19.6 Å². The maximum atomic E-state index is 11.5. The third kappa shape index (κ3) is 1.64. The highest BCUT2D eigenvalue weighted by Crippen LogP contribution is 2.21. The van der Waals surface area contributed by atoms with Gasteiger partial charge in [0.05, 0.1) is 19.0 Å². The van der Waals surface area contributed by atoms with Crippen LogP contribution in [0, 0.1) is 0 Å². The average molecular weight is 242 g/mol. The molecule has 2 heterocycles. The second kappa shape index (κ2) is 3.99. The largest absolute Gasteiger partial charge is 0.497 e. The second-order valence-corrected chi connectivity index (χ2v) is 3.76. The summed E-state index contributed by atoms with van der Waals surface area (Å²) in [5.41, 5.74) is 1.85. The van der Waals surface area contributed by atoms with Crippen LogP contribution in [0.2, 0.25) is 0 Å². The van der Waals surface area contributed by atoms with E-state index < -0.39 is 0 Å². The van der Waals surface area contributed by atoms with Crippen LogP contribution >= 0.6 is 0 Å². The summed E-state index contributed by atoms with van der Waals surface area (Å²) in [6.07, 6.45) is 3.19. The van der Waals surface area contributed by atoms with Gasteiger partial charge in [-0.15, -0.1) is 0 Å². The first-order valence-corrected chi connectivity index (χ1v) is 5.35. The van der Waals surface area contributed by atoms with Gasteiger partial charge >= 0.3 is 5.69 Å². The van der Waals surface area contributed by atoms with Gasteiger partial charge < -0.3 is 4.74 Å². The Morgan fingerprint density at radius 2 is 2.06 bits per heavy atom. The monoisotopic (exact) mass is 242 g/mol. The molecule has 0 saturated heterocycles. The predicted octanol–water partition coefficient (Wildman–Crippen LogP) is 1.09. The quantitative estimate of drug-likeness (QED) is 0.730. The number of benzene rings is 1. The minimum absolute atomic E-state index is 0.306. The molecule has 1 N–H and O–H groups in total. The molecular formula is C12H10N4O2. The molecule has 6 heteroatoms. The van der Waals surface area contributed by atoms with Crippen molar-refractivity contribution in [3.8, 4) is 17.0 Å². The lowest BCUT2D eigenvalue weighted by Crippen LogP contribution is -2.15. The lowest BCUT2D eigenvalue weighted by atomic mass is 10.2. The summed E-state index contributed by atoms with van der Waals surface area (Å²) in [7, 11) is 1.62. The summed E-state index contributed by atoms with van der Waals surface area (Å²) in [6, 6.07) is 7.48. The minimum atomic E-state index is -0.306. The lowest BCUT2D eigenvalue weighted by Gasteiger charge is -1.99. The summed E-state index contributed by atoms with van der Waals surface area (Å²) >= 11 is 0. The van der Waals surface area contributed by atoms with Crippen molar-refractivity contribution in [2.24, 2.45) is 0 Å². The van der Waals surface area contributed by atoms with Crippen LogP contribution in [-0.2, 0) is 0 Å². The summed E-state index contributed by atoms with van der Waals surface area (Å²) in [5.74, 6) is 0.780. The van der Waals surface area contributed by atoms with Gasteiger partial charge in [-0.2, -0.15) is 5.10 Å². The first-order valence-electron chi connectivity index (χ1n) is 5.35. The molecule has 0 saturated carbocycles. The molecule has 2 aromatic heterocycles. The topological polar surface area (TPSA) is 72.3 Å². The van der Waals surface area contributed by atoms with Crippen molar-refractivity contribution in [2.45, 2.75) is 0 Å². The highest BCUT2D eigenvalue weighted by Gasteiger charge is 2.06. The molecule has 3 aromatic rings. The first kappa shape index (κ1) is 10.5. The van der Waals surface area contributed by atoms with Crippen LogP contribution in [0.4, 0.5) is 0 Å². The van der Waals surface area contributed by atoms with Gasteiger partial charge in [-0.25, -0.2) is 19.3 Å². The SMILES string of the molecule is COc1ccc(-c2cn3c(=O)[nH]ncc3n2)cc1. The zero-order valence-corrected chi connectivity index (χ0v) is 9.62. The van der Waals surface area contributed by atoms with Crippen molar-refractivity contribution in [2.75, 3.05) is 7.11 Å². The molecule has 0 unspecified atom stereocenters. The number of nitrogens with one attached hydrogen (secondary N) is 1. The molecule has 0 bridgehead atoms. The van der Waals surface area contributed by atoms with Crippen LogP contribution in [-0.4, -0.2) is 26.7 Å². The van der Waals surface area contributed by atoms with E-state index in [0.717, 1.165) is 17.0 Å². The van der Waals surface area contributed by atoms with Gasteiger partial charge in [0.15, 0.2) is 5.65 Å². The Bertz CT molecular complexity index is 743. The maximum Gasteiger partial charge on any atom is 0.347 e. The van der Waals surface area contributed by atoms with Gasteiger partial charge in [-0.1, -0.05) is 0 Å². The molecular weight excluding hydrogens is 232 g/mol. The van der Waals surface area contributed by atoms with Gasteiger partial charge in [-0.3, -0.25) is 0 Å². The summed E-state index contributed by atoms with van der Waals surface area (Å²) in [4.78, 5) is 15.8. The fraction of sp³-hybridized carbons (Fsp3) is 0.0833. The molecule has 0 aliphatic rings. The van der Waals surface area contributed by atoms with E-state index >= 15 is 0 Å². The third-order valence-corrected chi connectivity index (χ3v) is 2.68. The van der Waals surface area contributed by atoms with Crippen LogP contribution in [0.1, 0.15) is 0 Å². The zero-order chi connectivity index (χ0) is 12.5. The zero-order valence-electron chi connectivity index (χ0n) is 9.62. The normalized spacial score (nSPS) is 10.7. The fourth-order valence-electron chi connectivity index (χ4n) is 1.75. The molecule has 0 radical (unpaired) electrons. The van der Waals surface area contributed by atoms with E-state index in [1.807, 2.05) is 24.3 Å². The maximum absolute atomic E-state index is 11.5. The van der Waals surface area contributed by atoms with Gasteiger partial charge in [-0.05, 0) is 24.3 Å². The number of aromatic amines is 1. The molecule has 1 aromatic carbocycles. The highest BCUT2D eigenvalue weighted by atomic mass is 16.5. The van der Waals surface area contributed by atoms with Crippen molar-refractivity contribution >= 4 is 5.65 Å². The summed E-state index contributed by atoms with van der Waals surface area (Å²) in [5, 5.41) is 6.06. The first-order chi connectivity index (χ1) is 8.78. The molecule has 6 nitrogen and oxygen atoms in total. The molecule has 90 valence electrons. The van der Waals surface area contributed by atoms with E-state index in [1.54, 1.807) is 13.3 Å². The number of hydrogen-bond donors (Lipinski definition) is 1. The number of ether oxygens (including phenoxy) is 1. The van der Waals surface area contributed by atoms with E-state index in [4.69, 9.17) is 4.74 Å². The van der Waals surface area contributed by atoms with E-state index in [1.165, 1.54) is 10.6 Å². The van der Waals surface area contributed by atoms with Crippen LogP contribution < -0.4 is 10.4 Å². The molecule has 0 aliphatic heterocycles. The molecule has 3 rings (SSSR count). The molecule has 18 heavy (non-hydrogen) atoms. The van der Waals surface area contributed by atoms with Crippen molar-refractivity contribution in [3.05, 3.63) is 47.1 Å². The van der Waals surface area contributed by atoms with Gasteiger partial charge in [0.2, 0.25) is 0 Å². The van der Waals surface area contributed by atoms with Crippen molar-refractivity contribution in [3.63, 3.8) is 0 Å². The fourth-order valence-corrected chi connectivity index (χ4v) is 1.75. The highest BCUT2D eigenvalue weighted by molar-refractivity contribution is 5.62. The van der Waals surface area contributed by atoms with Gasteiger partial charge in [0.1, 0.15) is 5.75 Å². The minimum Gasteiger partial charge on any atom is -0.497 e. The Hall–Kier alpha value is -2.63. The van der Waals surface area contributed by atoms with Crippen LogP contribution in [0.5, 0.6) is 5.75 Å². The molecule has 0 amide bonds. The Kier molecular flexibility index (Phi) is 2.33. The van der Waals surface area contributed by atoms with Crippen LogP contribution in [0.25, 0.3) is 16.9 Å². The Morgan fingerprint density at radius 3 is 2.72 bits per heavy atom. The molecule has 0 aliphatic carbocycles. The smallest absolute Gasteiger partial charge is 0.347 e. The van der Waals surface area contributed by atoms with E-state index in [2.05, 4.69) is 15.2 Å². The van der Waals surface area contributed by atoms with Gasteiger partial charge in [0.25, 0.3) is 0 Å². The Labute approximate surface area is 102 Å². The second-order valence-electron chi connectivity index (χ2n) is 3.76. The number of rotatable bonds is 2. The van der Waals surface area contributed by atoms with E-state index in [-0.39, 0.29) is 5.69 Å². The Balaban J connectivity index is 2.13. The number of H-pyrrole nitrogens is 1. The van der Waals surface area contributed by atoms with Crippen LogP contribution in [0.15, 0.2) is 41.5 Å². The number of imidazole rings is 1. The average Bonchev–Trinajstić information content (AvgIpc) is 2.84. The van der Waals surface area contributed by atoms with Crippen molar-refractivity contribution < 1.29 is 4.74 Å².